The van der Waals surface area contributed by atoms with Gasteiger partial charge in [-0.25, -0.2) is 13.9 Å². The van der Waals surface area contributed by atoms with Gasteiger partial charge in [0.05, 0.1) is 6.61 Å². The van der Waals surface area contributed by atoms with Crippen LogP contribution in [0, 0.1) is 95.2 Å². The van der Waals surface area contributed by atoms with Gasteiger partial charge in [0.1, 0.15) is 43.2 Å². The van der Waals surface area contributed by atoms with E-state index in [9.17, 15) is 44.0 Å². The minimum atomic E-state index is -5.40. The van der Waals surface area contributed by atoms with E-state index in [1.807, 2.05) is 5.92 Å². The van der Waals surface area contributed by atoms with E-state index in [4.69, 9.17) is 34.7 Å². The Morgan fingerprint density at radius 3 is 1.48 bits per heavy atom. The highest BCUT2D eigenvalue weighted by Crippen LogP contribution is 2.49. The lowest BCUT2D eigenvalue weighted by molar-refractivity contribution is -0.216. The zero-order chi connectivity index (χ0) is 44.7. The van der Waals surface area contributed by atoms with Gasteiger partial charge in [0.15, 0.2) is 6.10 Å². The van der Waals surface area contributed by atoms with Crippen LogP contribution in [0.5, 0.6) is 0 Å². The molecule has 0 aromatic carbocycles. The van der Waals surface area contributed by atoms with E-state index in [1.54, 1.807) is 0 Å². The number of esters is 2. The molecule has 16 nitrogen and oxygen atoms in total. The number of hydrogen-bond donors (Lipinski definition) is 7. The van der Waals surface area contributed by atoms with Crippen molar-refractivity contribution in [1.29, 1.82) is 0 Å². The predicted octanol–water partition coefficient (Wildman–Crippen LogP) is 2.02. The average Bonchev–Trinajstić information content (AvgIpc) is 3.20. The zero-order valence-corrected chi connectivity index (χ0v) is 34.9. The Balaban J connectivity index is 2.84. The fourth-order valence-electron chi connectivity index (χ4n) is 5.27. The van der Waals surface area contributed by atoms with Gasteiger partial charge in [-0.05, 0) is 89.3 Å². The minimum absolute atomic E-state index is 0.0407. The Morgan fingerprint density at radius 1 is 0.583 bits per heavy atom. The minimum Gasteiger partial charge on any atom is -0.456 e. The molecule has 8 atom stereocenters. The highest BCUT2D eigenvalue weighted by atomic mass is 31.2. The van der Waals surface area contributed by atoms with Crippen LogP contribution in [0.1, 0.15) is 96.8 Å². The first-order valence-electron chi connectivity index (χ1n) is 19.1. The van der Waals surface area contributed by atoms with Crippen LogP contribution in [0.25, 0.3) is 0 Å². The second kappa shape index (κ2) is 31.4. The highest BCUT2D eigenvalue weighted by molar-refractivity contribution is 7.47. The van der Waals surface area contributed by atoms with Crippen LogP contribution in [-0.4, -0.2) is 103 Å². The molecule has 0 heterocycles. The number of phosphoric acid groups is 2. The standard InChI is InChI=1S/C42H50O16P2/c1-3-5-7-9-11-13-15-17-19-20-22-24-26-28-30-35(43)54-32-34(56-36(44)31-29-27-25-23-21-18-16-14-12-10-8-6-4-2)33-55-60(52,53)58-42-39(47)37(45)38(46)41(40(42)48)57-59(49,50)51/h1,34,37-42,45-48H,4,6,8,10,12,14,16,18,21,23,25,27,29,31-33H2,2H3,(H,52,53)(H2,49,50,51)/t34-,37+,38?,39?,40-,41-,42?/m1/s1. The van der Waals surface area contributed by atoms with Gasteiger partial charge >= 0.3 is 27.6 Å². The molecule has 7 N–H and O–H groups in total. The van der Waals surface area contributed by atoms with Gasteiger partial charge in [-0.2, -0.15) is 0 Å². The SMILES string of the molecule is C#CC#CC#CC#CC#CC#CC#CC#CC(=O)OC[C@H](COP(=O)(O)OC1C(O)[C@@H](O)C(O)[C@@H](OP(=O)(O)O)[C@H]1O)OC(=O)CCCCCCCCCCCCCCC. The molecule has 324 valence electrons. The molecule has 0 aromatic heterocycles. The van der Waals surface area contributed by atoms with Crippen LogP contribution >= 0.6 is 15.6 Å². The molecule has 1 saturated carbocycles. The summed E-state index contributed by atoms with van der Waals surface area (Å²) in [5, 5.41) is 41.0. The average molecular weight is 873 g/mol. The maximum Gasteiger partial charge on any atom is 0.472 e. The predicted molar refractivity (Wildman–Crippen MR) is 216 cm³/mol. The smallest absolute Gasteiger partial charge is 0.456 e. The van der Waals surface area contributed by atoms with Crippen molar-refractivity contribution in [2.24, 2.45) is 0 Å². The number of rotatable bonds is 24. The van der Waals surface area contributed by atoms with E-state index >= 15 is 0 Å². The Kier molecular flexibility index (Phi) is 28.0. The summed E-state index contributed by atoms with van der Waals surface area (Å²) in [6.45, 7) is 0.497. The van der Waals surface area contributed by atoms with Gasteiger partial charge in [-0.3, -0.25) is 18.4 Å². The largest absolute Gasteiger partial charge is 0.472 e. The lowest BCUT2D eigenvalue weighted by Crippen LogP contribution is -2.64. The summed E-state index contributed by atoms with van der Waals surface area (Å²) >= 11 is 0. The second-order valence-corrected chi connectivity index (χ2v) is 15.6. The zero-order valence-electron chi connectivity index (χ0n) is 33.1. The number of phosphoric ester groups is 2. The van der Waals surface area contributed by atoms with Gasteiger partial charge in [0.25, 0.3) is 0 Å². The number of ether oxygens (including phenoxy) is 2. The van der Waals surface area contributed by atoms with Crippen molar-refractivity contribution >= 4 is 27.6 Å². The van der Waals surface area contributed by atoms with E-state index in [2.05, 4.69) is 94.3 Å². The highest BCUT2D eigenvalue weighted by Gasteiger charge is 2.54. The number of carbonyl (C=O) groups is 2. The third kappa shape index (κ3) is 25.9. The Hall–Kier alpha value is -4.52. The maximum absolute atomic E-state index is 12.9. The molecule has 0 aromatic rings. The first-order valence-corrected chi connectivity index (χ1v) is 22.1. The van der Waals surface area contributed by atoms with Gasteiger partial charge < -0.3 is 44.6 Å². The van der Waals surface area contributed by atoms with Crippen LogP contribution in [0.4, 0.5) is 0 Å². The lowest BCUT2D eigenvalue weighted by Gasteiger charge is -2.43. The third-order valence-electron chi connectivity index (χ3n) is 8.15. The lowest BCUT2D eigenvalue weighted by atomic mass is 9.85. The molecule has 1 fully saturated rings. The Labute approximate surface area is 351 Å². The molecule has 1 aliphatic rings. The molecule has 4 unspecified atom stereocenters. The van der Waals surface area contributed by atoms with Crippen molar-refractivity contribution in [3.8, 4) is 95.2 Å². The monoisotopic (exact) mass is 872 g/mol. The second-order valence-electron chi connectivity index (χ2n) is 13.0. The summed E-state index contributed by atoms with van der Waals surface area (Å²) in [6, 6.07) is 0. The quantitative estimate of drug-likeness (QED) is 0.0241. The van der Waals surface area contributed by atoms with E-state index in [0.29, 0.717) is 6.42 Å². The Morgan fingerprint density at radius 2 is 1.02 bits per heavy atom. The van der Waals surface area contributed by atoms with Crippen molar-refractivity contribution in [3.05, 3.63) is 0 Å². The summed E-state index contributed by atoms with van der Waals surface area (Å²) in [5.74, 6) is 32.8. The van der Waals surface area contributed by atoms with Crippen LogP contribution in [0.2, 0.25) is 0 Å². The molecular weight excluding hydrogens is 822 g/mol. The summed E-state index contributed by atoms with van der Waals surface area (Å²) in [4.78, 5) is 53.6. The van der Waals surface area contributed by atoms with E-state index in [1.165, 1.54) is 44.9 Å². The van der Waals surface area contributed by atoms with E-state index in [-0.39, 0.29) is 6.42 Å². The van der Waals surface area contributed by atoms with Gasteiger partial charge in [-0.15, -0.1) is 6.42 Å². The number of aliphatic hydroxyl groups is 4. The normalized spacial score (nSPS) is 20.3. The molecule has 1 aliphatic carbocycles. The fraction of sp³-hybridized carbons (Fsp3) is 0.571. The molecule has 0 aliphatic heterocycles. The third-order valence-corrected chi connectivity index (χ3v) is 9.66. The van der Waals surface area contributed by atoms with E-state index in [0.717, 1.165) is 32.1 Å². The van der Waals surface area contributed by atoms with Crippen molar-refractivity contribution in [2.45, 2.75) is 140 Å². The molecule has 0 bridgehead atoms. The van der Waals surface area contributed by atoms with E-state index < -0.39 is 83.5 Å². The fourth-order valence-corrected chi connectivity index (χ4v) is 6.81. The van der Waals surface area contributed by atoms with Gasteiger partial charge in [-0.1, -0.05) is 84.0 Å². The van der Waals surface area contributed by atoms with Gasteiger partial charge in [0, 0.05) is 12.3 Å². The number of carbonyl (C=O) groups excluding carboxylic acids is 2. The molecule has 1 rings (SSSR count). The molecule has 60 heavy (non-hydrogen) atoms. The van der Waals surface area contributed by atoms with Crippen LogP contribution in [0.15, 0.2) is 0 Å². The van der Waals surface area contributed by atoms with Gasteiger partial charge in [0.2, 0.25) is 0 Å². The maximum atomic E-state index is 12.9. The first kappa shape index (κ1) is 53.5. The molecule has 18 heteroatoms. The molecule has 0 amide bonds. The van der Waals surface area contributed by atoms with Crippen molar-refractivity contribution in [2.75, 3.05) is 13.2 Å². The van der Waals surface area contributed by atoms with Crippen LogP contribution in [-0.2, 0) is 41.8 Å². The van der Waals surface area contributed by atoms with Crippen LogP contribution in [0.3, 0.4) is 0 Å². The number of aliphatic hydroxyl groups excluding tert-OH is 4. The summed E-state index contributed by atoms with van der Waals surface area (Å²) in [6.07, 6.45) is 3.74. The number of terminal acetylenes is 1. The first-order chi connectivity index (χ1) is 28.6. The molecule has 0 spiro atoms. The summed E-state index contributed by atoms with van der Waals surface area (Å²) in [7, 11) is -10.8. The molecule has 0 radical (unpaired) electrons. The summed E-state index contributed by atoms with van der Waals surface area (Å²) < 4.78 is 48.5. The molecular formula is C42H50O16P2. The number of hydrogen-bond acceptors (Lipinski definition) is 13. The summed E-state index contributed by atoms with van der Waals surface area (Å²) in [5.41, 5.74) is 0. The molecule has 0 saturated heterocycles. The van der Waals surface area contributed by atoms with Crippen molar-refractivity contribution in [3.63, 3.8) is 0 Å². The van der Waals surface area contributed by atoms with Crippen LogP contribution < -0.4 is 0 Å². The number of unbranched alkanes of at least 4 members (excludes halogenated alkanes) is 12. The topological polar surface area (TPSA) is 256 Å². The van der Waals surface area contributed by atoms with Crippen molar-refractivity contribution in [1.82, 2.24) is 0 Å². The van der Waals surface area contributed by atoms with Crippen molar-refractivity contribution < 1.29 is 76.9 Å². The Bertz CT molecular complexity index is 1970.